The van der Waals surface area contributed by atoms with Crippen LogP contribution < -0.4 is 16.2 Å². The highest BCUT2D eigenvalue weighted by Gasteiger charge is 2.11. The summed E-state index contributed by atoms with van der Waals surface area (Å²) in [7, 11) is 0. The lowest BCUT2D eigenvalue weighted by molar-refractivity contribution is 0.0998. The minimum Gasteiger partial charge on any atom is -0.456 e. The number of ether oxygens (including phenoxy) is 1. The fourth-order valence-electron chi connectivity index (χ4n) is 1.49. The molecule has 4 N–H and O–H groups in total. The van der Waals surface area contributed by atoms with Crippen LogP contribution in [0.1, 0.15) is 10.4 Å². The summed E-state index contributed by atoms with van der Waals surface area (Å²) in [6, 6.07) is 8.29. The summed E-state index contributed by atoms with van der Waals surface area (Å²) >= 11 is 5.64. The number of halogens is 2. The molecular weight excluding hydrogens is 271 g/mol. The van der Waals surface area contributed by atoms with Gasteiger partial charge in [-0.25, -0.2) is 4.39 Å². The number of hydrogen-bond acceptors (Lipinski definition) is 3. The fraction of sp³-hybridized carbons (Fsp3) is 0. The third-order valence-electron chi connectivity index (χ3n) is 2.39. The smallest absolute Gasteiger partial charge is 0.252 e. The molecule has 0 bridgehead atoms. The van der Waals surface area contributed by atoms with Gasteiger partial charge in [0.1, 0.15) is 17.3 Å². The van der Waals surface area contributed by atoms with E-state index in [0.717, 1.165) is 6.07 Å². The molecule has 0 radical (unpaired) electrons. The summed E-state index contributed by atoms with van der Waals surface area (Å²) in [4.78, 5) is 11.3. The van der Waals surface area contributed by atoms with Gasteiger partial charge in [0.25, 0.3) is 5.91 Å². The molecule has 2 rings (SSSR count). The number of benzene rings is 2. The predicted molar refractivity (Wildman–Crippen MR) is 70.9 cm³/mol. The van der Waals surface area contributed by atoms with Crippen molar-refractivity contribution in [3.05, 3.63) is 52.8 Å². The van der Waals surface area contributed by atoms with Gasteiger partial charge in [-0.05, 0) is 24.3 Å². The van der Waals surface area contributed by atoms with Crippen LogP contribution in [0.3, 0.4) is 0 Å². The molecule has 0 aliphatic rings. The van der Waals surface area contributed by atoms with Crippen LogP contribution in [-0.4, -0.2) is 5.91 Å². The first-order valence-electron chi connectivity index (χ1n) is 5.29. The summed E-state index contributed by atoms with van der Waals surface area (Å²) in [6.07, 6.45) is 0. The van der Waals surface area contributed by atoms with Crippen molar-refractivity contribution in [1.82, 2.24) is 0 Å². The average Bonchev–Trinajstić information content (AvgIpc) is 2.33. The van der Waals surface area contributed by atoms with E-state index in [1.165, 1.54) is 30.3 Å². The fourth-order valence-corrected chi connectivity index (χ4v) is 1.66. The van der Waals surface area contributed by atoms with E-state index in [-0.39, 0.29) is 22.1 Å². The highest BCUT2D eigenvalue weighted by atomic mass is 35.5. The highest BCUT2D eigenvalue weighted by molar-refractivity contribution is 6.30. The molecule has 0 aliphatic heterocycles. The SMILES string of the molecule is NC(=O)c1ccc(N)cc1Oc1ccc(F)c(Cl)c1. The second kappa shape index (κ2) is 5.16. The highest BCUT2D eigenvalue weighted by Crippen LogP contribution is 2.29. The molecule has 0 spiro atoms. The number of nitrogen functional groups attached to an aromatic ring is 1. The molecule has 2 aromatic carbocycles. The van der Waals surface area contributed by atoms with Crippen LogP contribution in [0.4, 0.5) is 10.1 Å². The second-order valence-corrected chi connectivity index (χ2v) is 4.21. The van der Waals surface area contributed by atoms with Crippen molar-refractivity contribution in [2.45, 2.75) is 0 Å². The third kappa shape index (κ3) is 2.95. The predicted octanol–water partition coefficient (Wildman–Crippen LogP) is 2.95. The van der Waals surface area contributed by atoms with Crippen molar-refractivity contribution >= 4 is 23.2 Å². The van der Waals surface area contributed by atoms with Crippen molar-refractivity contribution in [3.63, 3.8) is 0 Å². The van der Waals surface area contributed by atoms with Gasteiger partial charge in [0.05, 0.1) is 10.6 Å². The Morgan fingerprint density at radius 3 is 2.58 bits per heavy atom. The molecule has 19 heavy (non-hydrogen) atoms. The molecule has 98 valence electrons. The van der Waals surface area contributed by atoms with Crippen molar-refractivity contribution in [3.8, 4) is 11.5 Å². The number of carbonyl (C=O) groups is 1. The first-order chi connectivity index (χ1) is 8.97. The second-order valence-electron chi connectivity index (χ2n) is 3.80. The van der Waals surface area contributed by atoms with E-state index in [0.29, 0.717) is 5.69 Å². The molecule has 0 saturated carbocycles. The van der Waals surface area contributed by atoms with Gasteiger partial charge in [-0.1, -0.05) is 11.6 Å². The molecule has 0 atom stereocenters. The van der Waals surface area contributed by atoms with E-state index in [4.69, 9.17) is 27.8 Å². The largest absolute Gasteiger partial charge is 0.456 e. The topological polar surface area (TPSA) is 78.3 Å². The molecule has 0 fully saturated rings. The van der Waals surface area contributed by atoms with Crippen molar-refractivity contribution in [1.29, 1.82) is 0 Å². The summed E-state index contributed by atoms with van der Waals surface area (Å²) in [5.74, 6) is -0.741. The Labute approximate surface area is 113 Å². The molecule has 1 amide bonds. The van der Waals surface area contributed by atoms with Crippen LogP contribution in [0.2, 0.25) is 5.02 Å². The normalized spacial score (nSPS) is 10.2. The van der Waals surface area contributed by atoms with Gasteiger partial charge < -0.3 is 16.2 Å². The standard InChI is InChI=1S/C13H10ClFN2O2/c14-10-6-8(2-4-11(10)15)19-12-5-7(16)1-3-9(12)13(17)18/h1-6H,16H2,(H2,17,18). The van der Waals surface area contributed by atoms with Crippen LogP contribution in [-0.2, 0) is 0 Å². The zero-order valence-electron chi connectivity index (χ0n) is 9.69. The number of hydrogen-bond donors (Lipinski definition) is 2. The third-order valence-corrected chi connectivity index (χ3v) is 2.68. The number of nitrogens with two attached hydrogens (primary N) is 2. The molecule has 0 unspecified atom stereocenters. The first-order valence-corrected chi connectivity index (χ1v) is 5.67. The van der Waals surface area contributed by atoms with E-state index in [2.05, 4.69) is 0 Å². The minimum absolute atomic E-state index is 0.0815. The molecule has 0 saturated heterocycles. The quantitative estimate of drug-likeness (QED) is 0.849. The molecule has 2 aromatic rings. The van der Waals surface area contributed by atoms with E-state index < -0.39 is 11.7 Å². The van der Waals surface area contributed by atoms with Gasteiger partial charge >= 0.3 is 0 Å². The number of primary amides is 1. The lowest BCUT2D eigenvalue weighted by Crippen LogP contribution is -2.12. The van der Waals surface area contributed by atoms with E-state index in [9.17, 15) is 9.18 Å². The number of rotatable bonds is 3. The van der Waals surface area contributed by atoms with E-state index >= 15 is 0 Å². The molecule has 4 nitrogen and oxygen atoms in total. The minimum atomic E-state index is -0.650. The zero-order chi connectivity index (χ0) is 14.0. The monoisotopic (exact) mass is 280 g/mol. The van der Waals surface area contributed by atoms with Gasteiger partial charge in [-0.3, -0.25) is 4.79 Å². The molecule has 0 aliphatic carbocycles. The Kier molecular flexibility index (Phi) is 3.57. The Bertz CT molecular complexity index is 647. The van der Waals surface area contributed by atoms with Crippen LogP contribution in [0.5, 0.6) is 11.5 Å². The maximum absolute atomic E-state index is 13.0. The lowest BCUT2D eigenvalue weighted by atomic mass is 10.1. The van der Waals surface area contributed by atoms with Gasteiger partial charge in [-0.15, -0.1) is 0 Å². The molecular formula is C13H10ClFN2O2. The van der Waals surface area contributed by atoms with Crippen molar-refractivity contribution < 1.29 is 13.9 Å². The van der Waals surface area contributed by atoms with Crippen LogP contribution in [0.15, 0.2) is 36.4 Å². The Balaban J connectivity index is 2.39. The first kappa shape index (κ1) is 13.2. The summed E-state index contributed by atoms with van der Waals surface area (Å²) in [6.45, 7) is 0. The summed E-state index contributed by atoms with van der Waals surface area (Å²) in [5.41, 5.74) is 11.4. The average molecular weight is 281 g/mol. The van der Waals surface area contributed by atoms with Crippen LogP contribution >= 0.6 is 11.6 Å². The zero-order valence-corrected chi connectivity index (χ0v) is 10.4. The van der Waals surface area contributed by atoms with E-state index in [1.54, 1.807) is 0 Å². The van der Waals surface area contributed by atoms with Gasteiger partial charge in [0.2, 0.25) is 0 Å². The summed E-state index contributed by atoms with van der Waals surface area (Å²) < 4.78 is 18.5. The Hall–Kier alpha value is -2.27. The van der Waals surface area contributed by atoms with E-state index in [1.807, 2.05) is 0 Å². The van der Waals surface area contributed by atoms with Gasteiger partial charge in [0.15, 0.2) is 0 Å². The molecule has 6 heteroatoms. The maximum Gasteiger partial charge on any atom is 0.252 e. The molecule has 0 heterocycles. The number of amides is 1. The Morgan fingerprint density at radius 1 is 1.21 bits per heavy atom. The maximum atomic E-state index is 13.0. The Morgan fingerprint density at radius 2 is 1.95 bits per heavy atom. The molecule has 0 aromatic heterocycles. The number of anilines is 1. The summed E-state index contributed by atoms with van der Waals surface area (Å²) in [5, 5.41) is -0.0815. The van der Waals surface area contributed by atoms with Gasteiger partial charge in [-0.2, -0.15) is 0 Å². The number of carbonyl (C=O) groups excluding carboxylic acids is 1. The lowest BCUT2D eigenvalue weighted by Gasteiger charge is -2.10. The van der Waals surface area contributed by atoms with Crippen LogP contribution in [0.25, 0.3) is 0 Å². The van der Waals surface area contributed by atoms with Crippen molar-refractivity contribution in [2.75, 3.05) is 5.73 Å². The van der Waals surface area contributed by atoms with Crippen molar-refractivity contribution in [2.24, 2.45) is 5.73 Å². The van der Waals surface area contributed by atoms with Crippen LogP contribution in [0, 0.1) is 5.82 Å². The van der Waals surface area contributed by atoms with Gasteiger partial charge in [0, 0.05) is 17.8 Å².